The normalized spacial score (nSPS) is 19.0. The highest BCUT2D eigenvalue weighted by Crippen LogP contribution is 2.35. The molecule has 5 heterocycles. The number of carbonyl (C=O) groups is 1. The molecule has 1 fully saturated rings. The summed E-state index contributed by atoms with van der Waals surface area (Å²) in [5.74, 6) is -0.685. The van der Waals surface area contributed by atoms with Gasteiger partial charge in [0.15, 0.2) is 15.7 Å². The van der Waals surface area contributed by atoms with Gasteiger partial charge < -0.3 is 9.88 Å². The molecule has 0 bridgehead atoms. The lowest BCUT2D eigenvalue weighted by atomic mass is 10.1. The first kappa shape index (κ1) is 24.6. The number of amides is 1. The third kappa shape index (κ3) is 4.68. The van der Waals surface area contributed by atoms with Crippen LogP contribution < -0.4 is 5.32 Å². The second-order valence-electron chi connectivity index (χ2n) is 8.91. The van der Waals surface area contributed by atoms with Crippen molar-refractivity contribution < 1.29 is 17.6 Å². The van der Waals surface area contributed by atoms with Crippen LogP contribution >= 0.6 is 22.9 Å². The maximum absolute atomic E-state index is 15.0. The standard InChI is InChI=1S/C24H19ClFN7O3S2/c25-21-6-5-20(37-21)24(34)30-13-7-14(11-38(35,36)10-13)33-19-8-17(22-28-12-29-32-22)27-9-18(19)31-23(33)15-3-1-2-4-16(15)26/h1-6,8-9,12-14H,7,10-11H2,(H,30,34)(H,28,29,32)/t13-,14+/m1/s1. The zero-order valence-electron chi connectivity index (χ0n) is 19.5. The zero-order valence-corrected chi connectivity index (χ0v) is 21.9. The molecule has 1 saturated heterocycles. The summed E-state index contributed by atoms with van der Waals surface area (Å²) in [6.07, 6.45) is 3.24. The van der Waals surface area contributed by atoms with E-state index in [4.69, 9.17) is 11.6 Å². The number of halogens is 2. The number of nitrogens with zero attached hydrogens (tertiary/aromatic N) is 5. The van der Waals surface area contributed by atoms with Gasteiger partial charge in [-0.05, 0) is 36.8 Å². The second kappa shape index (κ2) is 9.57. The molecule has 0 saturated carbocycles. The average Bonchev–Trinajstić information content (AvgIpc) is 3.62. The van der Waals surface area contributed by atoms with Crippen LogP contribution in [0.4, 0.5) is 4.39 Å². The predicted molar refractivity (Wildman–Crippen MR) is 141 cm³/mol. The number of hydrogen-bond acceptors (Lipinski definition) is 8. The molecular weight excluding hydrogens is 553 g/mol. The van der Waals surface area contributed by atoms with Crippen LogP contribution in [-0.2, 0) is 9.84 Å². The maximum Gasteiger partial charge on any atom is 0.261 e. The molecule has 0 radical (unpaired) electrons. The van der Waals surface area contributed by atoms with Crippen molar-refractivity contribution in [2.75, 3.05) is 11.5 Å². The number of fused-ring (bicyclic) bond motifs is 1. The topological polar surface area (TPSA) is 136 Å². The molecule has 10 nitrogen and oxygen atoms in total. The fourth-order valence-electron chi connectivity index (χ4n) is 4.76. The van der Waals surface area contributed by atoms with E-state index in [-0.39, 0.29) is 29.3 Å². The molecular formula is C24H19ClFN7O3S2. The van der Waals surface area contributed by atoms with Crippen LogP contribution in [0.3, 0.4) is 0 Å². The monoisotopic (exact) mass is 571 g/mol. The number of pyridine rings is 1. The van der Waals surface area contributed by atoms with E-state index in [0.717, 1.165) is 11.3 Å². The molecule has 1 amide bonds. The van der Waals surface area contributed by atoms with Gasteiger partial charge in [-0.15, -0.1) is 11.3 Å². The summed E-state index contributed by atoms with van der Waals surface area (Å²) in [6, 6.07) is 9.76. The van der Waals surface area contributed by atoms with Crippen LogP contribution in [0, 0.1) is 5.82 Å². The van der Waals surface area contributed by atoms with Gasteiger partial charge in [0, 0.05) is 6.04 Å². The molecule has 0 aliphatic carbocycles. The Hall–Kier alpha value is -3.68. The molecule has 2 atom stereocenters. The SMILES string of the molecule is O=C(N[C@@H]1C[C@H](n2c(-c3ccccc3F)nc3cnc(-c4nc[nH]n4)cc32)CS(=O)(=O)C1)c1ccc(Cl)s1. The van der Waals surface area contributed by atoms with Crippen LogP contribution in [-0.4, -0.2) is 61.6 Å². The Balaban J connectivity index is 1.46. The molecule has 0 unspecified atom stereocenters. The van der Waals surface area contributed by atoms with Crippen molar-refractivity contribution in [1.82, 2.24) is 35.0 Å². The van der Waals surface area contributed by atoms with Crippen molar-refractivity contribution in [2.45, 2.75) is 18.5 Å². The first-order valence-electron chi connectivity index (χ1n) is 11.5. The summed E-state index contributed by atoms with van der Waals surface area (Å²) in [4.78, 5) is 26.4. The predicted octanol–water partition coefficient (Wildman–Crippen LogP) is 3.90. The van der Waals surface area contributed by atoms with Crippen molar-refractivity contribution in [2.24, 2.45) is 0 Å². The third-order valence-electron chi connectivity index (χ3n) is 6.29. The van der Waals surface area contributed by atoms with E-state index < -0.39 is 33.6 Å². The number of aromatic amines is 1. The number of sulfone groups is 1. The highest BCUT2D eigenvalue weighted by molar-refractivity contribution is 7.91. The molecule has 0 spiro atoms. The second-order valence-corrected chi connectivity index (χ2v) is 12.8. The zero-order chi connectivity index (χ0) is 26.4. The van der Waals surface area contributed by atoms with Gasteiger partial charge >= 0.3 is 0 Å². The number of carbonyl (C=O) groups excluding carboxylic acids is 1. The summed E-state index contributed by atoms with van der Waals surface area (Å²) >= 11 is 7.07. The van der Waals surface area contributed by atoms with Crippen LogP contribution in [0.15, 0.2) is 55.0 Å². The van der Waals surface area contributed by atoms with Crippen molar-refractivity contribution in [3.8, 4) is 22.9 Å². The average molecular weight is 572 g/mol. The smallest absolute Gasteiger partial charge is 0.261 e. The Morgan fingerprint density at radius 2 is 2.03 bits per heavy atom. The molecule has 14 heteroatoms. The lowest BCUT2D eigenvalue weighted by Gasteiger charge is -2.31. The number of imidazole rings is 1. The number of H-pyrrole nitrogens is 1. The van der Waals surface area contributed by atoms with Crippen molar-refractivity contribution in [1.29, 1.82) is 0 Å². The van der Waals surface area contributed by atoms with E-state index in [1.807, 2.05) is 0 Å². The number of aromatic nitrogens is 6. The summed E-state index contributed by atoms with van der Waals surface area (Å²) in [6.45, 7) is 0. The molecule has 1 aliphatic rings. The number of rotatable bonds is 5. The van der Waals surface area contributed by atoms with E-state index in [1.54, 1.807) is 41.0 Å². The van der Waals surface area contributed by atoms with Crippen LogP contribution in [0.1, 0.15) is 22.1 Å². The van der Waals surface area contributed by atoms with Crippen LogP contribution in [0.2, 0.25) is 4.34 Å². The van der Waals surface area contributed by atoms with Gasteiger partial charge in [0.05, 0.1) is 44.0 Å². The first-order valence-corrected chi connectivity index (χ1v) is 14.5. The largest absolute Gasteiger partial charge is 0.348 e. The minimum absolute atomic E-state index is 0.199. The van der Waals surface area contributed by atoms with Gasteiger partial charge in [0.1, 0.15) is 29.2 Å². The lowest BCUT2D eigenvalue weighted by molar-refractivity contribution is 0.0940. The maximum atomic E-state index is 15.0. The van der Waals surface area contributed by atoms with E-state index in [9.17, 15) is 17.6 Å². The molecule has 5 aromatic rings. The van der Waals surface area contributed by atoms with Gasteiger partial charge in [-0.2, -0.15) is 5.10 Å². The molecule has 4 aromatic heterocycles. The van der Waals surface area contributed by atoms with E-state index in [2.05, 4.69) is 30.5 Å². The van der Waals surface area contributed by atoms with Crippen LogP contribution in [0.25, 0.3) is 33.9 Å². The third-order valence-corrected chi connectivity index (χ3v) is 9.32. The first-order chi connectivity index (χ1) is 18.3. The van der Waals surface area contributed by atoms with Gasteiger partial charge in [-0.1, -0.05) is 23.7 Å². The number of thiophene rings is 1. The molecule has 38 heavy (non-hydrogen) atoms. The van der Waals surface area contributed by atoms with Gasteiger partial charge in [-0.3, -0.25) is 14.9 Å². The Bertz CT molecular complexity index is 1770. The Morgan fingerprint density at radius 3 is 2.76 bits per heavy atom. The van der Waals surface area contributed by atoms with Gasteiger partial charge in [-0.25, -0.2) is 22.8 Å². The number of nitrogens with one attached hydrogen (secondary N) is 2. The highest BCUT2D eigenvalue weighted by atomic mass is 35.5. The number of hydrogen-bond donors (Lipinski definition) is 2. The Labute approximate surface area is 224 Å². The molecule has 2 N–H and O–H groups in total. The van der Waals surface area contributed by atoms with Crippen molar-refractivity contribution in [3.63, 3.8) is 0 Å². The van der Waals surface area contributed by atoms with Gasteiger partial charge in [0.2, 0.25) is 0 Å². The molecule has 1 aromatic carbocycles. The van der Waals surface area contributed by atoms with E-state index in [1.165, 1.54) is 18.6 Å². The van der Waals surface area contributed by atoms with E-state index >= 15 is 0 Å². The minimum Gasteiger partial charge on any atom is -0.348 e. The minimum atomic E-state index is -3.59. The molecule has 194 valence electrons. The van der Waals surface area contributed by atoms with Crippen LogP contribution in [0.5, 0.6) is 0 Å². The summed E-state index contributed by atoms with van der Waals surface area (Å²) in [5, 5.41) is 9.55. The van der Waals surface area contributed by atoms with E-state index in [0.29, 0.717) is 31.8 Å². The lowest BCUT2D eigenvalue weighted by Crippen LogP contribution is -2.46. The Morgan fingerprint density at radius 1 is 1.18 bits per heavy atom. The number of benzene rings is 1. The quantitative estimate of drug-likeness (QED) is 0.326. The summed E-state index contributed by atoms with van der Waals surface area (Å²) in [7, 11) is -3.59. The molecule has 6 rings (SSSR count). The fraction of sp³-hybridized carbons (Fsp3) is 0.208. The summed E-state index contributed by atoms with van der Waals surface area (Å²) in [5.41, 5.74) is 1.67. The fourth-order valence-corrected chi connectivity index (χ4v) is 7.55. The van der Waals surface area contributed by atoms with Crippen molar-refractivity contribution in [3.05, 3.63) is 70.0 Å². The highest BCUT2D eigenvalue weighted by Gasteiger charge is 2.36. The van der Waals surface area contributed by atoms with Crippen molar-refractivity contribution >= 4 is 49.7 Å². The summed E-state index contributed by atoms with van der Waals surface area (Å²) < 4.78 is 43.3. The van der Waals surface area contributed by atoms with Gasteiger partial charge in [0.25, 0.3) is 5.91 Å². The Kier molecular flexibility index (Phi) is 6.20. The molecule has 1 aliphatic heterocycles.